The first-order chi connectivity index (χ1) is 14.3. The third kappa shape index (κ3) is 3.97. The molecule has 6 nitrogen and oxygen atoms in total. The topological polar surface area (TPSA) is 85.1 Å². The fourth-order valence-corrected chi connectivity index (χ4v) is 4.55. The van der Waals surface area contributed by atoms with E-state index in [4.69, 9.17) is 34.8 Å². The van der Waals surface area contributed by atoms with Gasteiger partial charge in [-0.3, -0.25) is 14.9 Å². The maximum atomic E-state index is 12.8. The Balaban J connectivity index is 1.77. The van der Waals surface area contributed by atoms with Crippen LogP contribution < -0.4 is 5.32 Å². The quantitative estimate of drug-likeness (QED) is 0.251. The second-order valence-corrected chi connectivity index (χ2v) is 8.46. The number of carbonyl (C=O) groups is 1. The van der Waals surface area contributed by atoms with Gasteiger partial charge in [0.15, 0.2) is 0 Å². The number of hydrogen-bond donors (Lipinski definition) is 1. The highest BCUT2D eigenvalue weighted by Gasteiger charge is 2.20. The van der Waals surface area contributed by atoms with Crippen LogP contribution in [0.2, 0.25) is 15.1 Å². The van der Waals surface area contributed by atoms with Crippen LogP contribution in [0.25, 0.3) is 20.8 Å². The van der Waals surface area contributed by atoms with Crippen molar-refractivity contribution in [3.05, 3.63) is 85.3 Å². The summed E-state index contributed by atoms with van der Waals surface area (Å²) < 4.78 is 0.967. The van der Waals surface area contributed by atoms with Crippen molar-refractivity contribution >= 4 is 73.6 Å². The molecule has 1 heterocycles. The summed E-state index contributed by atoms with van der Waals surface area (Å²) in [6, 6.07) is 14.6. The average molecular weight is 479 g/mol. The molecule has 0 saturated carbocycles. The van der Waals surface area contributed by atoms with Crippen LogP contribution in [0.15, 0.2) is 54.6 Å². The number of nitro benzene ring substituents is 1. The molecule has 150 valence electrons. The lowest BCUT2D eigenvalue weighted by atomic mass is 10.1. The lowest BCUT2D eigenvalue weighted by molar-refractivity contribution is -0.384. The van der Waals surface area contributed by atoms with E-state index < -0.39 is 10.8 Å². The fraction of sp³-hybridized carbons (Fsp3) is 0. The van der Waals surface area contributed by atoms with Gasteiger partial charge in [0.05, 0.1) is 25.8 Å². The predicted molar refractivity (Wildman–Crippen MR) is 121 cm³/mol. The first-order valence-corrected chi connectivity index (χ1v) is 10.4. The van der Waals surface area contributed by atoms with E-state index in [0.29, 0.717) is 21.3 Å². The minimum absolute atomic E-state index is 0.0590. The predicted octanol–water partition coefficient (Wildman–Crippen LogP) is 7.08. The zero-order valence-corrected chi connectivity index (χ0v) is 17.9. The second-order valence-electron chi connectivity index (χ2n) is 6.17. The molecule has 4 rings (SSSR count). The largest absolute Gasteiger partial charge is 0.320 e. The molecule has 0 aliphatic carbocycles. The van der Waals surface area contributed by atoms with Gasteiger partial charge in [0.2, 0.25) is 0 Å². The number of amides is 1. The van der Waals surface area contributed by atoms with Crippen LogP contribution in [0.4, 0.5) is 11.4 Å². The number of carbonyl (C=O) groups excluding carboxylic acids is 1. The molecule has 10 heteroatoms. The highest BCUT2D eigenvalue weighted by molar-refractivity contribution is 7.21. The summed E-state index contributed by atoms with van der Waals surface area (Å²) in [5.41, 5.74) is 1.36. The van der Waals surface area contributed by atoms with Gasteiger partial charge in [0, 0.05) is 22.2 Å². The number of nitro groups is 1. The Labute approximate surface area is 189 Å². The van der Waals surface area contributed by atoms with Crippen LogP contribution in [-0.2, 0) is 0 Å². The van der Waals surface area contributed by atoms with Crippen LogP contribution in [0.3, 0.4) is 0 Å². The van der Waals surface area contributed by atoms with Crippen LogP contribution in [-0.4, -0.2) is 15.8 Å². The van der Waals surface area contributed by atoms with Gasteiger partial charge in [-0.25, -0.2) is 4.98 Å². The molecule has 0 spiro atoms. The monoisotopic (exact) mass is 477 g/mol. The van der Waals surface area contributed by atoms with Crippen molar-refractivity contribution in [1.29, 1.82) is 0 Å². The molecule has 1 aromatic heterocycles. The van der Waals surface area contributed by atoms with E-state index in [2.05, 4.69) is 10.3 Å². The van der Waals surface area contributed by atoms with Gasteiger partial charge >= 0.3 is 0 Å². The summed E-state index contributed by atoms with van der Waals surface area (Å²) in [4.78, 5) is 27.9. The van der Waals surface area contributed by atoms with E-state index in [9.17, 15) is 14.9 Å². The van der Waals surface area contributed by atoms with Crippen molar-refractivity contribution in [3.63, 3.8) is 0 Å². The molecule has 30 heavy (non-hydrogen) atoms. The molecule has 1 amide bonds. The lowest BCUT2D eigenvalue weighted by Crippen LogP contribution is -2.13. The number of hydrogen-bond acceptors (Lipinski definition) is 5. The van der Waals surface area contributed by atoms with Gasteiger partial charge in [-0.2, -0.15) is 0 Å². The van der Waals surface area contributed by atoms with Crippen LogP contribution in [0, 0.1) is 10.1 Å². The average Bonchev–Trinajstić information content (AvgIpc) is 3.13. The Hall–Kier alpha value is -2.71. The van der Waals surface area contributed by atoms with E-state index in [0.717, 1.165) is 16.3 Å². The van der Waals surface area contributed by atoms with Crippen molar-refractivity contribution in [1.82, 2.24) is 4.98 Å². The molecule has 0 saturated heterocycles. The van der Waals surface area contributed by atoms with E-state index in [1.165, 1.54) is 29.5 Å². The van der Waals surface area contributed by atoms with Crippen molar-refractivity contribution in [3.8, 4) is 10.6 Å². The number of benzene rings is 3. The van der Waals surface area contributed by atoms with Gasteiger partial charge in [-0.1, -0.05) is 46.9 Å². The number of aromatic nitrogens is 1. The first-order valence-electron chi connectivity index (χ1n) is 8.44. The number of para-hydroxylation sites is 1. The number of fused-ring (bicyclic) bond motifs is 1. The normalized spacial score (nSPS) is 10.9. The third-order valence-corrected chi connectivity index (χ3v) is 6.13. The van der Waals surface area contributed by atoms with E-state index >= 15 is 0 Å². The summed E-state index contributed by atoms with van der Waals surface area (Å²) in [7, 11) is 0. The zero-order valence-electron chi connectivity index (χ0n) is 14.9. The minimum Gasteiger partial charge on any atom is -0.320 e. The number of rotatable bonds is 4. The maximum Gasteiger partial charge on any atom is 0.288 e. The molecule has 0 bridgehead atoms. The molecule has 0 aliphatic heterocycles. The van der Waals surface area contributed by atoms with E-state index in [-0.39, 0.29) is 21.3 Å². The zero-order chi connectivity index (χ0) is 21.4. The van der Waals surface area contributed by atoms with Gasteiger partial charge in [0.25, 0.3) is 11.6 Å². The molecule has 0 radical (unpaired) electrons. The molecule has 3 aromatic carbocycles. The highest BCUT2D eigenvalue weighted by atomic mass is 35.5. The van der Waals surface area contributed by atoms with Crippen LogP contribution in [0.5, 0.6) is 0 Å². The molecule has 0 aliphatic rings. The Morgan fingerprint density at radius 2 is 1.80 bits per heavy atom. The summed E-state index contributed by atoms with van der Waals surface area (Å²) in [5, 5.41) is 15.0. The molecule has 0 fully saturated rings. The maximum absolute atomic E-state index is 12.8. The number of anilines is 1. The molecule has 4 aromatic rings. The minimum atomic E-state index is -0.652. The molecular formula is C20H10Cl3N3O3S. The Kier molecular flexibility index (Phi) is 5.62. The molecule has 0 atom stereocenters. The number of nitrogens with zero attached hydrogens (tertiary/aromatic N) is 2. The number of halogens is 3. The fourth-order valence-electron chi connectivity index (χ4n) is 2.84. The molecule has 1 N–H and O–H groups in total. The molecule has 0 unspecified atom stereocenters. The van der Waals surface area contributed by atoms with Gasteiger partial charge < -0.3 is 5.32 Å². The van der Waals surface area contributed by atoms with Gasteiger partial charge in [0.1, 0.15) is 10.0 Å². The Bertz CT molecular complexity index is 1290. The van der Waals surface area contributed by atoms with Crippen molar-refractivity contribution in [2.24, 2.45) is 0 Å². The third-order valence-electron chi connectivity index (χ3n) is 4.22. The first kappa shape index (κ1) is 20.6. The smallest absolute Gasteiger partial charge is 0.288 e. The standard InChI is InChI=1S/C20H10Cl3N3O3S/c21-11-8-12(20-24-15-3-1-2-4-17(15)30-20)18(14(23)9-11)25-19(27)10-5-6-13(22)16(7-10)26(28)29/h1-9H,(H,25,27). The van der Waals surface area contributed by atoms with E-state index in [1.807, 2.05) is 24.3 Å². The molecular weight excluding hydrogens is 469 g/mol. The Morgan fingerprint density at radius 3 is 2.53 bits per heavy atom. The summed E-state index contributed by atoms with van der Waals surface area (Å²) in [6.45, 7) is 0. The highest BCUT2D eigenvalue weighted by Crippen LogP contribution is 2.40. The lowest BCUT2D eigenvalue weighted by Gasteiger charge is -2.12. The van der Waals surface area contributed by atoms with Crippen LogP contribution >= 0.6 is 46.1 Å². The van der Waals surface area contributed by atoms with Crippen molar-refractivity contribution in [2.75, 3.05) is 5.32 Å². The number of thiazole rings is 1. The SMILES string of the molecule is O=C(Nc1c(Cl)cc(Cl)cc1-c1nc2ccccc2s1)c1ccc(Cl)c([N+](=O)[O-])c1. The van der Waals surface area contributed by atoms with Gasteiger partial charge in [-0.15, -0.1) is 11.3 Å². The second kappa shape index (κ2) is 8.20. The Morgan fingerprint density at radius 1 is 1.03 bits per heavy atom. The number of nitrogens with one attached hydrogen (secondary N) is 1. The summed E-state index contributed by atoms with van der Waals surface area (Å²) >= 11 is 19.8. The summed E-state index contributed by atoms with van der Waals surface area (Å²) in [6.07, 6.45) is 0. The summed E-state index contributed by atoms with van der Waals surface area (Å²) in [5.74, 6) is -0.582. The van der Waals surface area contributed by atoms with Crippen molar-refractivity contribution < 1.29 is 9.72 Å². The van der Waals surface area contributed by atoms with Crippen LogP contribution in [0.1, 0.15) is 10.4 Å². The van der Waals surface area contributed by atoms with E-state index in [1.54, 1.807) is 6.07 Å². The van der Waals surface area contributed by atoms with Crippen molar-refractivity contribution in [2.45, 2.75) is 0 Å². The van der Waals surface area contributed by atoms with Gasteiger partial charge in [-0.05, 0) is 36.4 Å².